The minimum absolute atomic E-state index is 0.0354. The van der Waals surface area contributed by atoms with Gasteiger partial charge in [-0.15, -0.1) is 11.3 Å². The molecule has 2 aromatic rings. The predicted octanol–water partition coefficient (Wildman–Crippen LogP) is 3.78. The molecule has 2 nitrogen and oxygen atoms in total. The smallest absolute Gasteiger partial charge is 0.149 e. The van der Waals surface area contributed by atoms with E-state index in [1.54, 1.807) is 17.0 Å². The van der Waals surface area contributed by atoms with Crippen LogP contribution in [-0.2, 0) is 0 Å². The van der Waals surface area contributed by atoms with Crippen LogP contribution in [0, 0.1) is 5.82 Å². The van der Waals surface area contributed by atoms with Gasteiger partial charge in [-0.05, 0) is 22.0 Å². The fraction of sp³-hybridized carbons (Fsp3) is 0.100. The van der Waals surface area contributed by atoms with Gasteiger partial charge in [-0.25, -0.2) is 9.37 Å². The van der Waals surface area contributed by atoms with Crippen LogP contribution in [-0.4, -0.2) is 10.1 Å². The molecule has 0 fully saturated rings. The molecule has 84 valence electrons. The number of thiazole rings is 1. The molecule has 0 aliphatic rings. The SMILES string of the molecule is OC(c1cscn1)c1ccc(Br)c(Cl)c1F. The van der Waals surface area contributed by atoms with E-state index in [1.807, 2.05) is 0 Å². The first-order valence-electron chi connectivity index (χ1n) is 4.31. The van der Waals surface area contributed by atoms with Crippen molar-refractivity contribution in [3.8, 4) is 0 Å². The quantitative estimate of drug-likeness (QED) is 0.854. The zero-order valence-corrected chi connectivity index (χ0v) is 11.0. The van der Waals surface area contributed by atoms with Crippen LogP contribution in [0.25, 0.3) is 0 Å². The molecule has 6 heteroatoms. The summed E-state index contributed by atoms with van der Waals surface area (Å²) in [4.78, 5) is 3.93. The first-order chi connectivity index (χ1) is 7.61. The molecule has 0 amide bonds. The van der Waals surface area contributed by atoms with E-state index >= 15 is 0 Å². The minimum atomic E-state index is -1.09. The van der Waals surface area contributed by atoms with Crippen LogP contribution < -0.4 is 0 Å². The Kier molecular flexibility index (Phi) is 3.59. The average Bonchev–Trinajstić information content (AvgIpc) is 2.79. The van der Waals surface area contributed by atoms with Crippen molar-refractivity contribution in [1.29, 1.82) is 0 Å². The van der Waals surface area contributed by atoms with Crippen molar-refractivity contribution in [3.63, 3.8) is 0 Å². The lowest BCUT2D eigenvalue weighted by atomic mass is 10.1. The number of hydrogen-bond donors (Lipinski definition) is 1. The van der Waals surface area contributed by atoms with Gasteiger partial charge in [-0.3, -0.25) is 0 Å². The lowest BCUT2D eigenvalue weighted by Crippen LogP contribution is -2.03. The maximum absolute atomic E-state index is 13.8. The van der Waals surface area contributed by atoms with Crippen LogP contribution in [0.15, 0.2) is 27.5 Å². The Hall–Kier alpha value is -0.490. The number of rotatable bonds is 2. The van der Waals surface area contributed by atoms with Crippen LogP contribution in [0.4, 0.5) is 4.39 Å². The van der Waals surface area contributed by atoms with Crippen LogP contribution >= 0.6 is 38.9 Å². The normalized spacial score (nSPS) is 12.8. The van der Waals surface area contributed by atoms with E-state index in [4.69, 9.17) is 11.6 Å². The molecule has 0 saturated carbocycles. The number of hydrogen-bond acceptors (Lipinski definition) is 3. The number of benzene rings is 1. The van der Waals surface area contributed by atoms with E-state index in [2.05, 4.69) is 20.9 Å². The van der Waals surface area contributed by atoms with E-state index in [0.717, 1.165) is 0 Å². The first-order valence-corrected chi connectivity index (χ1v) is 6.42. The van der Waals surface area contributed by atoms with E-state index in [-0.39, 0.29) is 10.6 Å². The largest absolute Gasteiger partial charge is 0.382 e. The molecule has 1 N–H and O–H groups in total. The van der Waals surface area contributed by atoms with Gasteiger partial charge in [-0.1, -0.05) is 17.7 Å². The zero-order valence-electron chi connectivity index (χ0n) is 7.82. The van der Waals surface area contributed by atoms with E-state index in [1.165, 1.54) is 17.4 Å². The number of halogens is 3. The predicted molar refractivity (Wildman–Crippen MR) is 65.3 cm³/mol. The fourth-order valence-electron chi connectivity index (χ4n) is 1.27. The van der Waals surface area contributed by atoms with Gasteiger partial charge in [0.2, 0.25) is 0 Å². The highest BCUT2D eigenvalue weighted by Gasteiger charge is 2.19. The molecule has 1 heterocycles. The van der Waals surface area contributed by atoms with Crippen molar-refractivity contribution < 1.29 is 9.50 Å². The molecule has 1 aromatic carbocycles. The third-order valence-corrected chi connectivity index (χ3v) is 3.95. The summed E-state index contributed by atoms with van der Waals surface area (Å²) >= 11 is 10.2. The molecule has 0 aliphatic heterocycles. The van der Waals surface area contributed by atoms with Crippen molar-refractivity contribution in [3.05, 3.63) is 49.6 Å². The van der Waals surface area contributed by atoms with Gasteiger partial charge in [-0.2, -0.15) is 0 Å². The topological polar surface area (TPSA) is 33.1 Å². The van der Waals surface area contributed by atoms with Gasteiger partial charge in [0.05, 0.1) is 16.2 Å². The molecule has 0 radical (unpaired) electrons. The molecule has 16 heavy (non-hydrogen) atoms. The molecule has 0 spiro atoms. The molecule has 1 unspecified atom stereocenters. The summed E-state index contributed by atoms with van der Waals surface area (Å²) in [7, 11) is 0. The molecule has 0 saturated heterocycles. The van der Waals surface area contributed by atoms with Gasteiger partial charge in [0.25, 0.3) is 0 Å². The first kappa shape index (κ1) is 12.0. The monoisotopic (exact) mass is 321 g/mol. The summed E-state index contributed by atoms with van der Waals surface area (Å²) in [6.07, 6.45) is -1.09. The number of aromatic nitrogens is 1. The number of aliphatic hydroxyl groups is 1. The Morgan fingerprint density at radius 3 is 2.88 bits per heavy atom. The Morgan fingerprint density at radius 2 is 2.25 bits per heavy atom. The summed E-state index contributed by atoms with van der Waals surface area (Å²) in [6, 6.07) is 3.08. The van der Waals surface area contributed by atoms with Crippen LogP contribution in [0.3, 0.4) is 0 Å². The summed E-state index contributed by atoms with van der Waals surface area (Å²) in [5.41, 5.74) is 2.12. The lowest BCUT2D eigenvalue weighted by Gasteiger charge is -2.11. The second-order valence-electron chi connectivity index (χ2n) is 3.08. The van der Waals surface area contributed by atoms with E-state index in [0.29, 0.717) is 10.2 Å². The van der Waals surface area contributed by atoms with Crippen LogP contribution in [0.1, 0.15) is 17.4 Å². The Bertz CT molecular complexity index is 506. The summed E-state index contributed by atoms with van der Waals surface area (Å²) < 4.78 is 14.2. The van der Waals surface area contributed by atoms with Gasteiger partial charge < -0.3 is 5.11 Å². The molecule has 1 atom stereocenters. The van der Waals surface area contributed by atoms with Crippen LogP contribution in [0.2, 0.25) is 5.02 Å². The maximum atomic E-state index is 13.8. The molecule has 2 rings (SSSR count). The Labute approximate surface area is 109 Å². The second-order valence-corrected chi connectivity index (χ2v) is 5.03. The molecule has 0 aliphatic carbocycles. The van der Waals surface area contributed by atoms with Crippen molar-refractivity contribution in [1.82, 2.24) is 4.98 Å². The third kappa shape index (κ3) is 2.13. The van der Waals surface area contributed by atoms with Gasteiger partial charge >= 0.3 is 0 Å². The lowest BCUT2D eigenvalue weighted by molar-refractivity contribution is 0.211. The molecule has 0 bridgehead atoms. The van der Waals surface area contributed by atoms with Gasteiger partial charge in [0, 0.05) is 15.4 Å². The molecular formula is C10H6BrClFNOS. The van der Waals surface area contributed by atoms with E-state index in [9.17, 15) is 9.50 Å². The van der Waals surface area contributed by atoms with Crippen molar-refractivity contribution in [2.75, 3.05) is 0 Å². The molecular weight excluding hydrogens is 317 g/mol. The maximum Gasteiger partial charge on any atom is 0.149 e. The summed E-state index contributed by atoms with van der Waals surface area (Å²) in [5, 5.41) is 11.5. The minimum Gasteiger partial charge on any atom is -0.382 e. The average molecular weight is 323 g/mol. The Balaban J connectivity index is 2.45. The van der Waals surface area contributed by atoms with Crippen molar-refractivity contribution >= 4 is 38.9 Å². The highest BCUT2D eigenvalue weighted by atomic mass is 79.9. The van der Waals surface area contributed by atoms with Gasteiger partial charge in [0.15, 0.2) is 0 Å². The second kappa shape index (κ2) is 4.79. The van der Waals surface area contributed by atoms with Crippen LogP contribution in [0.5, 0.6) is 0 Å². The highest BCUT2D eigenvalue weighted by molar-refractivity contribution is 9.10. The molecule has 1 aromatic heterocycles. The van der Waals surface area contributed by atoms with Gasteiger partial charge in [0.1, 0.15) is 11.9 Å². The zero-order chi connectivity index (χ0) is 11.7. The number of aliphatic hydroxyl groups excluding tert-OH is 1. The third-order valence-electron chi connectivity index (χ3n) is 2.09. The van der Waals surface area contributed by atoms with Crippen molar-refractivity contribution in [2.45, 2.75) is 6.10 Å². The Morgan fingerprint density at radius 1 is 1.50 bits per heavy atom. The highest BCUT2D eigenvalue weighted by Crippen LogP contribution is 2.32. The summed E-state index contributed by atoms with van der Waals surface area (Å²) in [5.74, 6) is -0.628. The standard InChI is InChI=1S/C10H6BrClFNOS/c11-6-2-1-5(9(13)8(6)12)10(15)7-3-16-4-14-7/h1-4,10,15H. The van der Waals surface area contributed by atoms with E-state index < -0.39 is 11.9 Å². The number of nitrogens with zero attached hydrogens (tertiary/aromatic N) is 1. The summed E-state index contributed by atoms with van der Waals surface area (Å²) in [6.45, 7) is 0. The van der Waals surface area contributed by atoms with Crippen molar-refractivity contribution in [2.24, 2.45) is 0 Å². The fourth-order valence-corrected chi connectivity index (χ4v) is 2.32.